The zero-order chi connectivity index (χ0) is 17.1. The van der Waals surface area contributed by atoms with E-state index in [2.05, 4.69) is 5.10 Å². The molecule has 1 heterocycles. The Kier molecular flexibility index (Phi) is 5.82. The molecule has 1 aromatic heterocycles. The Balaban J connectivity index is 2.50. The van der Waals surface area contributed by atoms with E-state index in [-0.39, 0.29) is 23.9 Å². The van der Waals surface area contributed by atoms with Gasteiger partial charge in [-0.15, -0.1) is 0 Å². The summed E-state index contributed by atoms with van der Waals surface area (Å²) < 4.78 is 11.7. The van der Waals surface area contributed by atoms with E-state index >= 15 is 0 Å². The van der Waals surface area contributed by atoms with Gasteiger partial charge in [-0.1, -0.05) is 11.6 Å². The molecule has 0 atom stereocenters. The minimum atomic E-state index is -0.567. The van der Waals surface area contributed by atoms with E-state index in [9.17, 15) is 9.59 Å². The summed E-state index contributed by atoms with van der Waals surface area (Å²) in [5, 5.41) is 4.27. The van der Waals surface area contributed by atoms with Crippen LogP contribution in [0, 0.1) is 6.92 Å². The molecule has 7 nitrogen and oxygen atoms in total. The van der Waals surface area contributed by atoms with Crippen molar-refractivity contribution in [1.82, 2.24) is 14.7 Å². The fourth-order valence-electron chi connectivity index (χ4n) is 1.64. The minimum absolute atomic E-state index is 0.0409. The van der Waals surface area contributed by atoms with Crippen LogP contribution in [-0.2, 0) is 16.5 Å². The summed E-state index contributed by atoms with van der Waals surface area (Å²) in [5.41, 5.74) is 0.171. The molecule has 1 amide bonds. The molecule has 0 N–H and O–H groups in total. The molecule has 124 valence electrons. The zero-order valence-corrected chi connectivity index (χ0v) is 14.5. The first kappa shape index (κ1) is 18.3. The van der Waals surface area contributed by atoms with Crippen LogP contribution in [0.5, 0.6) is 0 Å². The van der Waals surface area contributed by atoms with Crippen molar-refractivity contribution in [1.29, 1.82) is 0 Å². The highest BCUT2D eigenvalue weighted by Crippen LogP contribution is 2.19. The Labute approximate surface area is 135 Å². The lowest BCUT2D eigenvalue weighted by molar-refractivity contribution is 0.0217. The first-order valence-electron chi connectivity index (χ1n) is 6.83. The van der Waals surface area contributed by atoms with Crippen molar-refractivity contribution < 1.29 is 19.1 Å². The summed E-state index contributed by atoms with van der Waals surface area (Å²) >= 11 is 5.99. The molecule has 1 aromatic rings. The Bertz CT molecular complexity index is 563. The SMILES string of the molecule is Cc1nn(C)c(Cl)c1C(=O)OCCN(C)C(=O)OC(C)(C)C. The third-order valence-electron chi connectivity index (χ3n) is 2.72. The van der Waals surface area contributed by atoms with Crippen LogP contribution in [0.15, 0.2) is 0 Å². The first-order chi connectivity index (χ1) is 10.0. The number of carbonyl (C=O) groups excluding carboxylic acids is 2. The van der Waals surface area contributed by atoms with E-state index < -0.39 is 17.7 Å². The van der Waals surface area contributed by atoms with E-state index in [1.54, 1.807) is 41.8 Å². The molecule has 0 aliphatic rings. The Morgan fingerprint density at radius 3 is 2.41 bits per heavy atom. The van der Waals surface area contributed by atoms with Gasteiger partial charge in [0.2, 0.25) is 0 Å². The van der Waals surface area contributed by atoms with Crippen molar-refractivity contribution in [2.45, 2.75) is 33.3 Å². The Morgan fingerprint density at radius 2 is 1.95 bits per heavy atom. The summed E-state index contributed by atoms with van der Waals surface area (Å²) in [6.07, 6.45) is -0.473. The van der Waals surface area contributed by atoms with Crippen LogP contribution < -0.4 is 0 Å². The van der Waals surface area contributed by atoms with E-state index in [0.29, 0.717) is 5.69 Å². The van der Waals surface area contributed by atoms with Crippen LogP contribution >= 0.6 is 11.6 Å². The van der Waals surface area contributed by atoms with E-state index in [4.69, 9.17) is 21.1 Å². The molecule has 0 aromatic carbocycles. The summed E-state index contributed by atoms with van der Waals surface area (Å²) in [5.74, 6) is -0.562. The summed E-state index contributed by atoms with van der Waals surface area (Å²) in [6, 6.07) is 0. The maximum Gasteiger partial charge on any atom is 0.410 e. The predicted octanol–water partition coefficient (Wildman–Crippen LogP) is 2.41. The number of aryl methyl sites for hydroxylation is 2. The molecular weight excluding hydrogens is 310 g/mol. The molecule has 0 fully saturated rings. The highest BCUT2D eigenvalue weighted by atomic mass is 35.5. The van der Waals surface area contributed by atoms with Gasteiger partial charge in [-0.25, -0.2) is 9.59 Å². The molecule has 0 bridgehead atoms. The minimum Gasteiger partial charge on any atom is -0.460 e. The molecular formula is C14H22ClN3O4. The fourth-order valence-corrected chi connectivity index (χ4v) is 1.89. The largest absolute Gasteiger partial charge is 0.460 e. The maximum absolute atomic E-state index is 12.0. The number of ether oxygens (including phenoxy) is 2. The van der Waals surface area contributed by atoms with E-state index in [1.165, 1.54) is 9.58 Å². The van der Waals surface area contributed by atoms with Crippen LogP contribution in [0.4, 0.5) is 4.79 Å². The summed E-state index contributed by atoms with van der Waals surface area (Å²) in [4.78, 5) is 25.1. The Hall–Kier alpha value is -1.76. The first-order valence-corrected chi connectivity index (χ1v) is 7.21. The van der Waals surface area contributed by atoms with E-state index in [1.807, 2.05) is 0 Å². The average Bonchev–Trinajstić information content (AvgIpc) is 2.60. The number of hydrogen-bond donors (Lipinski definition) is 0. The van der Waals surface area contributed by atoms with Crippen molar-refractivity contribution in [3.05, 3.63) is 16.4 Å². The summed E-state index contributed by atoms with van der Waals surface area (Å²) in [6.45, 7) is 7.29. The van der Waals surface area contributed by atoms with Crippen molar-refractivity contribution in [2.75, 3.05) is 20.2 Å². The third-order valence-corrected chi connectivity index (χ3v) is 3.15. The molecule has 1 rings (SSSR count). The lowest BCUT2D eigenvalue weighted by atomic mass is 10.2. The molecule has 0 saturated heterocycles. The van der Waals surface area contributed by atoms with Crippen molar-refractivity contribution in [3.8, 4) is 0 Å². The molecule has 8 heteroatoms. The highest BCUT2D eigenvalue weighted by Gasteiger charge is 2.22. The van der Waals surface area contributed by atoms with Gasteiger partial charge in [0.05, 0.1) is 12.2 Å². The van der Waals surface area contributed by atoms with Crippen LogP contribution in [0.3, 0.4) is 0 Å². The standard InChI is InChI=1S/C14H22ClN3O4/c1-9-10(11(15)18(6)16-9)12(19)21-8-7-17(5)13(20)22-14(2,3)4/h7-8H2,1-6H3. The van der Waals surface area contributed by atoms with Gasteiger partial charge in [0.15, 0.2) is 0 Å². The predicted molar refractivity (Wildman–Crippen MR) is 82.1 cm³/mol. The van der Waals surface area contributed by atoms with Gasteiger partial charge >= 0.3 is 12.1 Å². The number of halogens is 1. The van der Waals surface area contributed by atoms with Gasteiger partial charge in [-0.05, 0) is 27.7 Å². The van der Waals surface area contributed by atoms with Crippen molar-refractivity contribution in [3.63, 3.8) is 0 Å². The van der Waals surface area contributed by atoms with Gasteiger partial charge in [-0.2, -0.15) is 5.10 Å². The zero-order valence-electron chi connectivity index (χ0n) is 13.8. The van der Waals surface area contributed by atoms with Crippen LogP contribution in [0.25, 0.3) is 0 Å². The van der Waals surface area contributed by atoms with E-state index in [0.717, 1.165) is 0 Å². The van der Waals surface area contributed by atoms with Gasteiger partial charge in [0, 0.05) is 14.1 Å². The lowest BCUT2D eigenvalue weighted by Crippen LogP contribution is -2.36. The second-order valence-corrected chi connectivity index (χ2v) is 6.27. The topological polar surface area (TPSA) is 73.7 Å². The number of nitrogens with zero attached hydrogens (tertiary/aromatic N) is 3. The van der Waals surface area contributed by atoms with Crippen LogP contribution in [-0.4, -0.2) is 52.5 Å². The number of hydrogen-bond acceptors (Lipinski definition) is 5. The molecule has 0 saturated carbocycles. The van der Waals surface area contributed by atoms with Gasteiger partial charge in [0.25, 0.3) is 0 Å². The molecule has 0 aliphatic carbocycles. The number of amides is 1. The number of rotatable bonds is 4. The molecule has 0 unspecified atom stereocenters. The second kappa shape index (κ2) is 7.00. The quantitative estimate of drug-likeness (QED) is 0.792. The monoisotopic (exact) mass is 331 g/mol. The fraction of sp³-hybridized carbons (Fsp3) is 0.643. The average molecular weight is 332 g/mol. The molecule has 0 spiro atoms. The molecule has 0 aliphatic heterocycles. The number of likely N-dealkylation sites (N-methyl/N-ethyl adjacent to an activating group) is 1. The van der Waals surface area contributed by atoms with Gasteiger partial charge in [0.1, 0.15) is 22.9 Å². The maximum atomic E-state index is 12.0. The molecule has 0 radical (unpaired) electrons. The van der Waals surface area contributed by atoms with Gasteiger partial charge in [-0.3, -0.25) is 4.68 Å². The van der Waals surface area contributed by atoms with Crippen molar-refractivity contribution in [2.24, 2.45) is 7.05 Å². The Morgan fingerprint density at radius 1 is 1.36 bits per heavy atom. The number of esters is 1. The number of carbonyl (C=O) groups is 2. The number of aromatic nitrogens is 2. The van der Waals surface area contributed by atoms with Crippen LogP contribution in [0.2, 0.25) is 5.15 Å². The second-order valence-electron chi connectivity index (χ2n) is 5.91. The third kappa shape index (κ3) is 4.91. The normalized spacial score (nSPS) is 11.2. The van der Waals surface area contributed by atoms with Crippen molar-refractivity contribution >= 4 is 23.7 Å². The molecule has 22 heavy (non-hydrogen) atoms. The van der Waals surface area contributed by atoms with Gasteiger partial charge < -0.3 is 14.4 Å². The highest BCUT2D eigenvalue weighted by molar-refractivity contribution is 6.32. The summed E-state index contributed by atoms with van der Waals surface area (Å²) in [7, 11) is 3.21. The van der Waals surface area contributed by atoms with Crippen LogP contribution in [0.1, 0.15) is 36.8 Å². The lowest BCUT2D eigenvalue weighted by Gasteiger charge is -2.24. The smallest absolute Gasteiger partial charge is 0.410 e.